The van der Waals surface area contributed by atoms with E-state index in [1.165, 1.54) is 12.1 Å². The van der Waals surface area contributed by atoms with Gasteiger partial charge in [0.2, 0.25) is 5.91 Å². The van der Waals surface area contributed by atoms with Crippen molar-refractivity contribution < 1.29 is 13.6 Å². The molecule has 0 radical (unpaired) electrons. The molecule has 4 nitrogen and oxygen atoms in total. The molecule has 134 valence electrons. The van der Waals surface area contributed by atoms with Gasteiger partial charge in [-0.25, -0.2) is 9.37 Å². The highest BCUT2D eigenvalue weighted by molar-refractivity contribution is 6.31. The van der Waals surface area contributed by atoms with E-state index in [1.54, 1.807) is 11.0 Å². The number of hydrogen-bond acceptors (Lipinski definition) is 3. The normalized spacial score (nSPS) is 17.6. The highest BCUT2D eigenvalue weighted by atomic mass is 35.5. The summed E-state index contributed by atoms with van der Waals surface area (Å²) in [5, 5.41) is 0.283. The van der Waals surface area contributed by atoms with Crippen molar-refractivity contribution in [3.05, 3.63) is 64.8 Å². The molecule has 1 aliphatic heterocycles. The van der Waals surface area contributed by atoms with Gasteiger partial charge in [-0.2, -0.15) is 0 Å². The number of carbonyl (C=O) groups excluding carboxylic acids is 1. The number of piperidine rings is 1. The molecule has 0 unspecified atom stereocenters. The Morgan fingerprint density at radius 1 is 1.27 bits per heavy atom. The molecule has 1 aromatic heterocycles. The topological polar surface area (TPSA) is 46.3 Å². The van der Waals surface area contributed by atoms with Gasteiger partial charge in [-0.15, -0.1) is 0 Å². The van der Waals surface area contributed by atoms with Crippen molar-refractivity contribution in [2.24, 2.45) is 0 Å². The van der Waals surface area contributed by atoms with E-state index in [9.17, 15) is 9.18 Å². The molecule has 1 saturated heterocycles. The number of fused-ring (bicyclic) bond motifs is 1. The predicted molar refractivity (Wildman–Crippen MR) is 97.7 cm³/mol. The fourth-order valence-corrected chi connectivity index (χ4v) is 3.66. The van der Waals surface area contributed by atoms with E-state index < -0.39 is 5.82 Å². The van der Waals surface area contributed by atoms with Gasteiger partial charge in [-0.05, 0) is 37.1 Å². The second kappa shape index (κ2) is 7.08. The van der Waals surface area contributed by atoms with E-state index in [0.29, 0.717) is 19.0 Å². The second-order valence-electron chi connectivity index (χ2n) is 6.58. The summed E-state index contributed by atoms with van der Waals surface area (Å²) in [5.74, 6) is 0.139. The van der Waals surface area contributed by atoms with Crippen LogP contribution in [0.5, 0.6) is 0 Å². The monoisotopic (exact) mass is 372 g/mol. The number of hydrogen-bond donors (Lipinski definition) is 0. The third-order valence-corrected chi connectivity index (χ3v) is 5.18. The number of oxazole rings is 1. The van der Waals surface area contributed by atoms with Crippen molar-refractivity contribution >= 4 is 28.6 Å². The Morgan fingerprint density at radius 2 is 2.12 bits per heavy atom. The maximum Gasteiger partial charge on any atom is 0.227 e. The molecule has 3 aromatic rings. The van der Waals surface area contributed by atoms with Crippen molar-refractivity contribution in [3.63, 3.8) is 0 Å². The lowest BCUT2D eigenvalue weighted by molar-refractivity contribution is -0.131. The second-order valence-corrected chi connectivity index (χ2v) is 6.98. The summed E-state index contributed by atoms with van der Waals surface area (Å²) in [7, 11) is 0. The fourth-order valence-electron chi connectivity index (χ4n) is 3.43. The van der Waals surface area contributed by atoms with E-state index in [-0.39, 0.29) is 28.8 Å². The number of para-hydroxylation sites is 2. The number of amides is 1. The molecule has 0 spiro atoms. The smallest absolute Gasteiger partial charge is 0.227 e. The van der Waals surface area contributed by atoms with Crippen LogP contribution in [-0.2, 0) is 11.2 Å². The van der Waals surface area contributed by atoms with Crippen LogP contribution in [0.15, 0.2) is 46.9 Å². The third kappa shape index (κ3) is 3.31. The van der Waals surface area contributed by atoms with Crippen LogP contribution in [0.2, 0.25) is 5.02 Å². The number of nitrogens with zero attached hydrogens (tertiary/aromatic N) is 2. The first-order valence-electron chi connectivity index (χ1n) is 8.68. The Labute approximate surface area is 155 Å². The van der Waals surface area contributed by atoms with Gasteiger partial charge in [0, 0.05) is 23.7 Å². The largest absolute Gasteiger partial charge is 0.440 e. The van der Waals surface area contributed by atoms with Gasteiger partial charge in [-0.1, -0.05) is 29.8 Å². The van der Waals surface area contributed by atoms with Crippen LogP contribution in [-0.4, -0.2) is 28.9 Å². The molecule has 0 aliphatic carbocycles. The summed E-state index contributed by atoms with van der Waals surface area (Å²) in [4.78, 5) is 19.0. The van der Waals surface area contributed by atoms with Crippen LogP contribution in [0, 0.1) is 5.82 Å². The van der Waals surface area contributed by atoms with Gasteiger partial charge in [0.15, 0.2) is 11.5 Å². The standard InChI is InChI=1S/C20H18ClFN2O2/c21-15-6-3-7-16(22)14(15)11-19(25)24-10-4-5-13(12-24)20-23-17-8-1-2-9-18(17)26-20/h1-3,6-9,13H,4-5,10-12H2/t13-/m0/s1. The minimum Gasteiger partial charge on any atom is -0.440 e. The molecule has 6 heteroatoms. The Hall–Kier alpha value is -2.40. The molecule has 0 saturated carbocycles. The van der Waals surface area contributed by atoms with Gasteiger partial charge in [0.25, 0.3) is 0 Å². The molecule has 2 aromatic carbocycles. The zero-order valence-electron chi connectivity index (χ0n) is 14.1. The number of halogens is 2. The summed E-state index contributed by atoms with van der Waals surface area (Å²) in [6.07, 6.45) is 1.74. The summed E-state index contributed by atoms with van der Waals surface area (Å²) >= 11 is 6.05. The van der Waals surface area contributed by atoms with Gasteiger partial charge in [0.1, 0.15) is 11.3 Å². The van der Waals surface area contributed by atoms with Gasteiger partial charge in [-0.3, -0.25) is 4.79 Å². The average Bonchev–Trinajstić information content (AvgIpc) is 3.09. The predicted octanol–water partition coefficient (Wildman–Crippen LogP) is 4.57. The van der Waals surface area contributed by atoms with Crippen LogP contribution in [0.1, 0.15) is 30.2 Å². The molecule has 1 aliphatic rings. The van der Waals surface area contributed by atoms with Crippen molar-refractivity contribution in [1.82, 2.24) is 9.88 Å². The van der Waals surface area contributed by atoms with Crippen LogP contribution in [0.3, 0.4) is 0 Å². The minimum absolute atomic E-state index is 0.0359. The molecule has 1 atom stereocenters. The molecular weight excluding hydrogens is 355 g/mol. The highest BCUT2D eigenvalue weighted by Gasteiger charge is 2.28. The van der Waals surface area contributed by atoms with Gasteiger partial charge >= 0.3 is 0 Å². The van der Waals surface area contributed by atoms with E-state index in [4.69, 9.17) is 16.0 Å². The summed E-state index contributed by atoms with van der Waals surface area (Å²) < 4.78 is 19.8. The zero-order chi connectivity index (χ0) is 18.1. The van der Waals surface area contributed by atoms with Gasteiger partial charge in [0.05, 0.1) is 12.3 Å². The Bertz CT molecular complexity index is 903. The lowest BCUT2D eigenvalue weighted by atomic mass is 9.97. The van der Waals surface area contributed by atoms with Crippen molar-refractivity contribution in [1.29, 1.82) is 0 Å². The molecule has 4 rings (SSSR count). The molecule has 0 bridgehead atoms. The van der Waals surface area contributed by atoms with Crippen LogP contribution < -0.4 is 0 Å². The molecule has 1 fully saturated rings. The summed E-state index contributed by atoms with van der Waals surface area (Å²) in [6, 6.07) is 12.1. The molecule has 2 heterocycles. The molecule has 0 N–H and O–H groups in total. The molecule has 1 amide bonds. The van der Waals surface area contributed by atoms with Crippen LogP contribution >= 0.6 is 11.6 Å². The number of carbonyl (C=O) groups is 1. The minimum atomic E-state index is -0.446. The maximum atomic E-state index is 14.0. The molecule has 26 heavy (non-hydrogen) atoms. The Balaban J connectivity index is 1.50. The van der Waals surface area contributed by atoms with Crippen molar-refractivity contribution in [2.45, 2.75) is 25.2 Å². The first-order chi connectivity index (χ1) is 12.6. The summed E-state index contributed by atoms with van der Waals surface area (Å²) in [6.45, 7) is 1.18. The Morgan fingerprint density at radius 3 is 2.92 bits per heavy atom. The highest BCUT2D eigenvalue weighted by Crippen LogP contribution is 2.29. The van der Waals surface area contributed by atoms with Crippen LogP contribution in [0.4, 0.5) is 4.39 Å². The number of benzene rings is 2. The lowest BCUT2D eigenvalue weighted by Gasteiger charge is -2.31. The number of aromatic nitrogens is 1. The average molecular weight is 373 g/mol. The first kappa shape index (κ1) is 17.0. The Kier molecular flexibility index (Phi) is 4.64. The zero-order valence-corrected chi connectivity index (χ0v) is 14.9. The van der Waals surface area contributed by atoms with E-state index in [1.807, 2.05) is 24.3 Å². The van der Waals surface area contributed by atoms with Crippen molar-refractivity contribution in [2.75, 3.05) is 13.1 Å². The number of rotatable bonds is 3. The summed E-state index contributed by atoms with van der Waals surface area (Å²) in [5.41, 5.74) is 1.83. The van der Waals surface area contributed by atoms with E-state index >= 15 is 0 Å². The van der Waals surface area contributed by atoms with E-state index in [0.717, 1.165) is 23.9 Å². The fraction of sp³-hybridized carbons (Fsp3) is 0.300. The quantitative estimate of drug-likeness (QED) is 0.676. The third-order valence-electron chi connectivity index (χ3n) is 4.82. The van der Waals surface area contributed by atoms with Gasteiger partial charge < -0.3 is 9.32 Å². The maximum absolute atomic E-state index is 14.0. The SMILES string of the molecule is O=C(Cc1c(F)cccc1Cl)N1CCC[C@H](c2nc3ccccc3o2)C1. The lowest BCUT2D eigenvalue weighted by Crippen LogP contribution is -2.40. The van der Waals surface area contributed by atoms with E-state index in [2.05, 4.69) is 4.98 Å². The van der Waals surface area contributed by atoms with Crippen LogP contribution in [0.25, 0.3) is 11.1 Å². The molecular formula is C20H18ClFN2O2. The van der Waals surface area contributed by atoms with Crippen molar-refractivity contribution in [3.8, 4) is 0 Å². The number of likely N-dealkylation sites (tertiary alicyclic amines) is 1. The first-order valence-corrected chi connectivity index (χ1v) is 9.06.